The average molecular weight is 170 g/mol. The van der Waals surface area contributed by atoms with E-state index >= 15 is 0 Å². The fourth-order valence-electron chi connectivity index (χ4n) is 2.47. The lowest BCUT2D eigenvalue weighted by Crippen LogP contribution is -2.55. The van der Waals surface area contributed by atoms with Gasteiger partial charge in [0.25, 0.3) is 0 Å². The average Bonchev–Trinajstić information content (AvgIpc) is 2.01. The molecule has 2 nitrogen and oxygen atoms in total. The summed E-state index contributed by atoms with van der Waals surface area (Å²) in [7, 11) is 0. The van der Waals surface area contributed by atoms with Crippen molar-refractivity contribution in [3.63, 3.8) is 0 Å². The van der Waals surface area contributed by atoms with Crippen molar-refractivity contribution >= 4 is 0 Å². The molecule has 1 saturated heterocycles. The molecule has 0 bridgehead atoms. The van der Waals surface area contributed by atoms with E-state index in [0.717, 1.165) is 6.42 Å². The van der Waals surface area contributed by atoms with Crippen LogP contribution in [0.5, 0.6) is 0 Å². The van der Waals surface area contributed by atoms with Crippen LogP contribution in [0, 0.1) is 0 Å². The Bertz CT molecular complexity index is 151. The van der Waals surface area contributed by atoms with Crippen molar-refractivity contribution in [2.75, 3.05) is 0 Å². The van der Waals surface area contributed by atoms with Crippen LogP contribution in [0.1, 0.15) is 45.4 Å². The van der Waals surface area contributed by atoms with Crippen molar-refractivity contribution in [2.45, 2.75) is 63.3 Å². The molecule has 1 spiro atoms. The molecular formula is C10H18O2. The lowest BCUT2D eigenvalue weighted by atomic mass is 9.75. The Labute approximate surface area is 73.9 Å². The van der Waals surface area contributed by atoms with Crippen LogP contribution in [-0.2, 0) is 4.74 Å². The maximum absolute atomic E-state index is 9.26. The number of hydrogen-bond acceptors (Lipinski definition) is 2. The highest BCUT2D eigenvalue weighted by atomic mass is 16.5. The van der Waals surface area contributed by atoms with Crippen LogP contribution in [0.2, 0.25) is 0 Å². The Morgan fingerprint density at radius 2 is 1.92 bits per heavy atom. The lowest BCUT2D eigenvalue weighted by molar-refractivity contribution is -0.246. The Kier molecular flexibility index (Phi) is 2.13. The molecule has 1 aliphatic carbocycles. The minimum Gasteiger partial charge on any atom is -0.391 e. The van der Waals surface area contributed by atoms with Crippen LogP contribution in [0.25, 0.3) is 0 Å². The van der Waals surface area contributed by atoms with Gasteiger partial charge in [-0.3, -0.25) is 0 Å². The smallest absolute Gasteiger partial charge is 0.0866 e. The molecule has 2 fully saturated rings. The zero-order valence-corrected chi connectivity index (χ0v) is 7.75. The van der Waals surface area contributed by atoms with Crippen LogP contribution in [0.3, 0.4) is 0 Å². The fourth-order valence-corrected chi connectivity index (χ4v) is 2.47. The molecule has 0 radical (unpaired) electrons. The van der Waals surface area contributed by atoms with Gasteiger partial charge < -0.3 is 9.84 Å². The molecule has 2 heteroatoms. The first kappa shape index (κ1) is 8.52. The molecule has 0 aromatic heterocycles. The maximum Gasteiger partial charge on any atom is 0.0866 e. The van der Waals surface area contributed by atoms with Crippen molar-refractivity contribution in [3.05, 3.63) is 0 Å². The van der Waals surface area contributed by atoms with Gasteiger partial charge >= 0.3 is 0 Å². The Balaban J connectivity index is 1.84. The molecule has 2 rings (SSSR count). The molecule has 2 atom stereocenters. The van der Waals surface area contributed by atoms with E-state index in [0.29, 0.717) is 0 Å². The molecule has 1 N–H and O–H groups in total. The van der Waals surface area contributed by atoms with Gasteiger partial charge in [-0.25, -0.2) is 0 Å². The van der Waals surface area contributed by atoms with Crippen LogP contribution >= 0.6 is 0 Å². The molecule has 0 unspecified atom stereocenters. The van der Waals surface area contributed by atoms with Gasteiger partial charge in [0.15, 0.2) is 0 Å². The standard InChI is InChI=1S/C10H18O2/c1-8(11)9-7-10(12-9)5-3-2-4-6-10/h8-9,11H,2-7H2,1H3/t8-,9+/m1/s1. The van der Waals surface area contributed by atoms with Crippen LogP contribution in [0.15, 0.2) is 0 Å². The largest absolute Gasteiger partial charge is 0.391 e. The van der Waals surface area contributed by atoms with E-state index in [1.165, 1.54) is 32.1 Å². The third-order valence-electron chi connectivity index (χ3n) is 3.28. The van der Waals surface area contributed by atoms with Gasteiger partial charge in [-0.1, -0.05) is 19.3 Å². The normalized spacial score (nSPS) is 36.0. The van der Waals surface area contributed by atoms with Crippen molar-refractivity contribution < 1.29 is 9.84 Å². The molecule has 0 amide bonds. The number of ether oxygens (including phenoxy) is 1. The summed E-state index contributed by atoms with van der Waals surface area (Å²) in [5.41, 5.74) is 0.194. The van der Waals surface area contributed by atoms with E-state index in [4.69, 9.17) is 4.74 Å². The van der Waals surface area contributed by atoms with Gasteiger partial charge in [0, 0.05) is 6.42 Å². The Hall–Kier alpha value is -0.0800. The van der Waals surface area contributed by atoms with Gasteiger partial charge in [0.05, 0.1) is 17.8 Å². The molecule has 12 heavy (non-hydrogen) atoms. The molecule has 2 aliphatic rings. The second-order valence-electron chi connectivity index (χ2n) is 4.34. The molecule has 1 aliphatic heterocycles. The zero-order valence-electron chi connectivity index (χ0n) is 7.75. The van der Waals surface area contributed by atoms with Gasteiger partial charge in [0.1, 0.15) is 0 Å². The van der Waals surface area contributed by atoms with Crippen LogP contribution < -0.4 is 0 Å². The van der Waals surface area contributed by atoms with Gasteiger partial charge in [-0.15, -0.1) is 0 Å². The van der Waals surface area contributed by atoms with Gasteiger partial charge in [-0.2, -0.15) is 0 Å². The van der Waals surface area contributed by atoms with E-state index in [1.807, 2.05) is 6.92 Å². The first-order valence-electron chi connectivity index (χ1n) is 5.08. The highest BCUT2D eigenvalue weighted by molar-refractivity contribution is 4.96. The van der Waals surface area contributed by atoms with E-state index in [-0.39, 0.29) is 17.8 Å². The predicted octanol–water partition coefficient (Wildman–Crippen LogP) is 1.86. The van der Waals surface area contributed by atoms with Crippen molar-refractivity contribution in [1.82, 2.24) is 0 Å². The van der Waals surface area contributed by atoms with Crippen molar-refractivity contribution in [3.8, 4) is 0 Å². The highest BCUT2D eigenvalue weighted by Gasteiger charge is 2.47. The quantitative estimate of drug-likeness (QED) is 0.651. The van der Waals surface area contributed by atoms with Crippen LogP contribution in [-0.4, -0.2) is 22.9 Å². The molecule has 1 heterocycles. The van der Waals surface area contributed by atoms with Gasteiger partial charge in [0.2, 0.25) is 0 Å². The predicted molar refractivity (Wildman–Crippen MR) is 47.0 cm³/mol. The molecule has 0 aromatic rings. The summed E-state index contributed by atoms with van der Waals surface area (Å²) in [6, 6.07) is 0. The topological polar surface area (TPSA) is 29.5 Å². The molecule has 0 aromatic carbocycles. The second kappa shape index (κ2) is 3.00. The van der Waals surface area contributed by atoms with Crippen molar-refractivity contribution in [1.29, 1.82) is 0 Å². The Morgan fingerprint density at radius 3 is 2.42 bits per heavy atom. The fraction of sp³-hybridized carbons (Fsp3) is 1.00. The first-order chi connectivity index (χ1) is 5.72. The summed E-state index contributed by atoms with van der Waals surface area (Å²) >= 11 is 0. The van der Waals surface area contributed by atoms with Gasteiger partial charge in [-0.05, 0) is 19.8 Å². The zero-order chi connectivity index (χ0) is 8.60. The van der Waals surface area contributed by atoms with E-state index in [9.17, 15) is 5.11 Å². The second-order valence-corrected chi connectivity index (χ2v) is 4.34. The summed E-state index contributed by atoms with van der Waals surface area (Å²) in [5, 5.41) is 9.26. The molecule has 1 saturated carbocycles. The third kappa shape index (κ3) is 1.38. The molecule has 70 valence electrons. The SMILES string of the molecule is C[C@@H](O)[C@@H]1CC2(CCCCC2)O1. The number of rotatable bonds is 1. The summed E-state index contributed by atoms with van der Waals surface area (Å²) in [6.45, 7) is 1.82. The summed E-state index contributed by atoms with van der Waals surface area (Å²) < 4.78 is 5.78. The summed E-state index contributed by atoms with van der Waals surface area (Å²) in [6.07, 6.45) is 7.36. The number of hydrogen-bond donors (Lipinski definition) is 1. The monoisotopic (exact) mass is 170 g/mol. The Morgan fingerprint density at radius 1 is 1.33 bits per heavy atom. The molecular weight excluding hydrogens is 152 g/mol. The van der Waals surface area contributed by atoms with Crippen molar-refractivity contribution in [2.24, 2.45) is 0 Å². The third-order valence-corrected chi connectivity index (χ3v) is 3.28. The number of aliphatic hydroxyl groups is 1. The highest BCUT2D eigenvalue weighted by Crippen LogP contribution is 2.44. The van der Waals surface area contributed by atoms with E-state index in [1.54, 1.807) is 0 Å². The minimum atomic E-state index is -0.280. The maximum atomic E-state index is 9.26. The van der Waals surface area contributed by atoms with Crippen LogP contribution in [0.4, 0.5) is 0 Å². The lowest BCUT2D eigenvalue weighted by Gasteiger charge is -2.51. The first-order valence-corrected chi connectivity index (χ1v) is 5.08. The summed E-state index contributed by atoms with van der Waals surface area (Å²) in [5.74, 6) is 0. The summed E-state index contributed by atoms with van der Waals surface area (Å²) in [4.78, 5) is 0. The van der Waals surface area contributed by atoms with E-state index in [2.05, 4.69) is 0 Å². The van der Waals surface area contributed by atoms with E-state index < -0.39 is 0 Å². The minimum absolute atomic E-state index is 0.128. The number of aliphatic hydroxyl groups excluding tert-OH is 1.